The molecule has 1 N–H and O–H groups in total. The quantitative estimate of drug-likeness (QED) is 0.247. The fourth-order valence-corrected chi connectivity index (χ4v) is 4.81. The first-order chi connectivity index (χ1) is 15.2. The molecule has 0 aliphatic rings. The van der Waals surface area contributed by atoms with E-state index in [1.807, 2.05) is 55.5 Å². The first kappa shape index (κ1) is 21.2. The number of rotatable bonds is 9. The SMILES string of the molecule is CCOC(=O)c1oc2ccccc2c1CSc1nnc(Nc2ccccc2OCC)s1. The first-order valence-corrected chi connectivity index (χ1v) is 11.6. The van der Waals surface area contributed by atoms with E-state index >= 15 is 0 Å². The van der Waals surface area contributed by atoms with Crippen molar-refractivity contribution in [2.75, 3.05) is 18.5 Å². The number of para-hydroxylation sites is 3. The molecule has 0 spiro atoms. The molecular formula is C22H21N3O4S2. The molecule has 0 bridgehead atoms. The van der Waals surface area contributed by atoms with Crippen LogP contribution < -0.4 is 10.1 Å². The normalized spacial score (nSPS) is 10.9. The van der Waals surface area contributed by atoms with Crippen LogP contribution in [-0.2, 0) is 10.5 Å². The number of esters is 1. The van der Waals surface area contributed by atoms with Gasteiger partial charge in [-0.15, -0.1) is 10.2 Å². The fourth-order valence-electron chi connectivity index (χ4n) is 3.02. The van der Waals surface area contributed by atoms with Gasteiger partial charge in [0.15, 0.2) is 4.34 Å². The Morgan fingerprint density at radius 1 is 1.10 bits per heavy atom. The van der Waals surface area contributed by atoms with E-state index in [1.165, 1.54) is 23.1 Å². The Morgan fingerprint density at radius 2 is 1.90 bits per heavy atom. The van der Waals surface area contributed by atoms with E-state index in [0.717, 1.165) is 26.7 Å². The summed E-state index contributed by atoms with van der Waals surface area (Å²) >= 11 is 2.93. The first-order valence-electron chi connectivity index (χ1n) is 9.82. The Labute approximate surface area is 187 Å². The molecule has 0 saturated heterocycles. The number of benzene rings is 2. The average molecular weight is 456 g/mol. The predicted molar refractivity (Wildman–Crippen MR) is 123 cm³/mol. The predicted octanol–water partition coefficient (Wildman–Crippen LogP) is 5.90. The number of anilines is 2. The van der Waals surface area contributed by atoms with Gasteiger partial charge in [0, 0.05) is 16.7 Å². The molecule has 4 aromatic rings. The number of aromatic nitrogens is 2. The molecule has 2 aromatic carbocycles. The highest BCUT2D eigenvalue weighted by atomic mass is 32.2. The number of carbonyl (C=O) groups excluding carboxylic acids is 1. The molecule has 0 aliphatic heterocycles. The van der Waals surface area contributed by atoms with Gasteiger partial charge in [0.1, 0.15) is 11.3 Å². The molecule has 0 unspecified atom stereocenters. The van der Waals surface area contributed by atoms with E-state index in [9.17, 15) is 4.79 Å². The molecule has 2 heterocycles. The number of nitrogens with one attached hydrogen (secondary N) is 1. The zero-order valence-electron chi connectivity index (χ0n) is 17.1. The van der Waals surface area contributed by atoms with Gasteiger partial charge in [-0.2, -0.15) is 0 Å². The number of furan rings is 1. The van der Waals surface area contributed by atoms with Crippen molar-refractivity contribution < 1.29 is 18.7 Å². The van der Waals surface area contributed by atoms with Crippen molar-refractivity contribution in [2.45, 2.75) is 23.9 Å². The number of fused-ring (bicyclic) bond motifs is 1. The molecule has 4 rings (SSSR count). The molecule has 0 fully saturated rings. The van der Waals surface area contributed by atoms with Gasteiger partial charge >= 0.3 is 5.97 Å². The average Bonchev–Trinajstić information content (AvgIpc) is 3.38. The Bertz CT molecular complexity index is 1190. The van der Waals surface area contributed by atoms with Crippen LogP contribution in [0.5, 0.6) is 5.75 Å². The molecule has 9 heteroatoms. The second kappa shape index (κ2) is 9.84. The van der Waals surface area contributed by atoms with Crippen molar-refractivity contribution in [3.05, 3.63) is 59.9 Å². The zero-order valence-corrected chi connectivity index (χ0v) is 18.7. The lowest BCUT2D eigenvalue weighted by Gasteiger charge is -2.09. The summed E-state index contributed by atoms with van der Waals surface area (Å²) in [5.74, 6) is 1.05. The van der Waals surface area contributed by atoms with Crippen LogP contribution in [0.2, 0.25) is 0 Å². The third kappa shape index (κ3) is 4.83. The maximum absolute atomic E-state index is 12.4. The van der Waals surface area contributed by atoms with E-state index in [0.29, 0.717) is 23.1 Å². The van der Waals surface area contributed by atoms with Crippen molar-refractivity contribution in [1.29, 1.82) is 0 Å². The monoisotopic (exact) mass is 455 g/mol. The summed E-state index contributed by atoms with van der Waals surface area (Å²) in [6.07, 6.45) is 0. The molecule has 0 atom stereocenters. The number of hydrogen-bond acceptors (Lipinski definition) is 9. The highest BCUT2D eigenvalue weighted by Gasteiger charge is 2.22. The van der Waals surface area contributed by atoms with Gasteiger partial charge < -0.3 is 19.2 Å². The maximum Gasteiger partial charge on any atom is 0.374 e. The number of carbonyl (C=O) groups is 1. The van der Waals surface area contributed by atoms with Crippen LogP contribution in [0, 0.1) is 0 Å². The summed E-state index contributed by atoms with van der Waals surface area (Å²) in [4.78, 5) is 12.4. The van der Waals surface area contributed by atoms with Gasteiger partial charge in [0.05, 0.1) is 18.9 Å². The van der Waals surface area contributed by atoms with Crippen molar-refractivity contribution >= 4 is 50.9 Å². The van der Waals surface area contributed by atoms with Crippen LogP contribution in [0.1, 0.15) is 30.0 Å². The lowest BCUT2D eigenvalue weighted by Crippen LogP contribution is -2.05. The molecule has 0 aliphatic carbocycles. The van der Waals surface area contributed by atoms with Crippen molar-refractivity contribution in [3.8, 4) is 5.75 Å². The van der Waals surface area contributed by atoms with Gasteiger partial charge in [0.25, 0.3) is 0 Å². The number of hydrogen-bond donors (Lipinski definition) is 1. The van der Waals surface area contributed by atoms with Crippen LogP contribution in [0.3, 0.4) is 0 Å². The van der Waals surface area contributed by atoms with Gasteiger partial charge in [-0.25, -0.2) is 4.79 Å². The van der Waals surface area contributed by atoms with E-state index < -0.39 is 5.97 Å². The van der Waals surface area contributed by atoms with Gasteiger partial charge in [0.2, 0.25) is 10.9 Å². The number of ether oxygens (including phenoxy) is 2. The Kier molecular flexibility index (Phi) is 6.73. The molecule has 0 saturated carbocycles. The smallest absolute Gasteiger partial charge is 0.374 e. The molecule has 0 radical (unpaired) electrons. The molecular weight excluding hydrogens is 434 g/mol. The van der Waals surface area contributed by atoms with Crippen LogP contribution in [-0.4, -0.2) is 29.4 Å². The summed E-state index contributed by atoms with van der Waals surface area (Å²) < 4.78 is 17.4. The summed E-state index contributed by atoms with van der Waals surface area (Å²) in [5.41, 5.74) is 2.29. The summed E-state index contributed by atoms with van der Waals surface area (Å²) in [5, 5.41) is 13.3. The molecule has 2 aromatic heterocycles. The summed E-state index contributed by atoms with van der Waals surface area (Å²) in [6.45, 7) is 4.59. The van der Waals surface area contributed by atoms with Crippen molar-refractivity contribution in [3.63, 3.8) is 0 Å². The second-order valence-corrected chi connectivity index (χ2v) is 8.54. The van der Waals surface area contributed by atoms with Crippen molar-refractivity contribution in [2.24, 2.45) is 0 Å². The number of nitrogens with zero attached hydrogens (tertiary/aromatic N) is 2. The summed E-state index contributed by atoms with van der Waals surface area (Å²) in [6, 6.07) is 15.3. The van der Waals surface area contributed by atoms with Gasteiger partial charge in [-0.3, -0.25) is 0 Å². The highest BCUT2D eigenvalue weighted by Crippen LogP contribution is 2.36. The molecule has 7 nitrogen and oxygen atoms in total. The van der Waals surface area contributed by atoms with Crippen LogP contribution in [0.4, 0.5) is 10.8 Å². The number of thioether (sulfide) groups is 1. The minimum Gasteiger partial charge on any atom is -0.492 e. The third-order valence-electron chi connectivity index (χ3n) is 4.33. The molecule has 31 heavy (non-hydrogen) atoms. The molecule has 160 valence electrons. The second-order valence-electron chi connectivity index (χ2n) is 6.34. The van der Waals surface area contributed by atoms with E-state index in [1.54, 1.807) is 6.92 Å². The largest absolute Gasteiger partial charge is 0.492 e. The van der Waals surface area contributed by atoms with E-state index in [4.69, 9.17) is 13.9 Å². The van der Waals surface area contributed by atoms with Crippen molar-refractivity contribution in [1.82, 2.24) is 10.2 Å². The minimum absolute atomic E-state index is 0.240. The highest BCUT2D eigenvalue weighted by molar-refractivity contribution is 8.00. The lowest BCUT2D eigenvalue weighted by atomic mass is 10.1. The minimum atomic E-state index is -0.457. The van der Waals surface area contributed by atoms with Gasteiger partial charge in [-0.1, -0.05) is 53.4 Å². The van der Waals surface area contributed by atoms with Crippen LogP contribution >= 0.6 is 23.1 Å². The standard InChI is InChI=1S/C22H21N3O4S2/c1-3-27-18-12-8-6-10-16(18)23-21-24-25-22(31-21)30-13-15-14-9-5-7-11-17(14)29-19(15)20(26)28-4-2/h5-12H,3-4,13H2,1-2H3,(H,23,24). The maximum atomic E-state index is 12.4. The van der Waals surface area contributed by atoms with Crippen LogP contribution in [0.25, 0.3) is 11.0 Å². The Morgan fingerprint density at radius 3 is 2.74 bits per heavy atom. The Balaban J connectivity index is 1.51. The van der Waals surface area contributed by atoms with Crippen LogP contribution in [0.15, 0.2) is 57.3 Å². The summed E-state index contributed by atoms with van der Waals surface area (Å²) in [7, 11) is 0. The fraction of sp³-hybridized carbons (Fsp3) is 0.227. The van der Waals surface area contributed by atoms with E-state index in [2.05, 4.69) is 15.5 Å². The topological polar surface area (TPSA) is 86.5 Å². The lowest BCUT2D eigenvalue weighted by molar-refractivity contribution is 0.0491. The van der Waals surface area contributed by atoms with E-state index in [-0.39, 0.29) is 12.4 Å². The Hall–Kier alpha value is -3.04. The third-order valence-corrected chi connectivity index (χ3v) is 6.33. The molecule has 0 amide bonds. The van der Waals surface area contributed by atoms with Gasteiger partial charge in [-0.05, 0) is 32.0 Å². The zero-order chi connectivity index (χ0) is 21.6.